The van der Waals surface area contributed by atoms with Gasteiger partial charge in [-0.3, -0.25) is 10.1 Å². The maximum absolute atomic E-state index is 13.1. The van der Waals surface area contributed by atoms with Gasteiger partial charge >= 0.3 is 0 Å². The highest BCUT2D eigenvalue weighted by atomic mass is 127. The van der Waals surface area contributed by atoms with Gasteiger partial charge in [0.05, 0.1) is 26.4 Å². The lowest BCUT2D eigenvalue weighted by Crippen LogP contribution is -1.97. The average molecular weight is 333 g/mol. The molecule has 82 valence electrons. The summed E-state index contributed by atoms with van der Waals surface area (Å²) in [5.41, 5.74) is 0.0372. The van der Waals surface area contributed by atoms with Crippen LogP contribution in [0.3, 0.4) is 0 Å². The van der Waals surface area contributed by atoms with E-state index in [9.17, 15) is 14.5 Å². The number of nitrogens with zero attached hydrogens (tertiary/aromatic N) is 3. The molecule has 0 saturated heterocycles. The van der Waals surface area contributed by atoms with Gasteiger partial charge in [0.2, 0.25) is 0 Å². The van der Waals surface area contributed by atoms with Crippen LogP contribution in [0.15, 0.2) is 30.6 Å². The molecule has 0 spiro atoms. The Hall–Kier alpha value is -1.51. The Labute approximate surface area is 103 Å². The highest BCUT2D eigenvalue weighted by molar-refractivity contribution is 14.1. The van der Waals surface area contributed by atoms with Gasteiger partial charge in [-0.15, -0.1) is 0 Å². The quantitative estimate of drug-likeness (QED) is 0.482. The lowest BCUT2D eigenvalue weighted by molar-refractivity contribution is -0.385. The molecule has 16 heavy (non-hydrogen) atoms. The van der Waals surface area contributed by atoms with Gasteiger partial charge in [0.25, 0.3) is 5.69 Å². The molecule has 2 aromatic rings. The highest BCUT2D eigenvalue weighted by Crippen LogP contribution is 2.19. The monoisotopic (exact) mass is 333 g/mol. The minimum Gasteiger partial charge on any atom is -0.258 e. The summed E-state index contributed by atoms with van der Waals surface area (Å²) < 4.78 is 15.4. The van der Waals surface area contributed by atoms with E-state index in [1.54, 1.807) is 12.4 Å². The Morgan fingerprint density at radius 2 is 2.19 bits per heavy atom. The topological polar surface area (TPSA) is 61.0 Å². The van der Waals surface area contributed by atoms with Crippen LogP contribution in [0, 0.1) is 19.5 Å². The van der Waals surface area contributed by atoms with Gasteiger partial charge in [0.1, 0.15) is 5.82 Å². The Balaban J connectivity index is 2.53. The van der Waals surface area contributed by atoms with Crippen LogP contribution in [0.1, 0.15) is 0 Å². The first-order valence-electron chi connectivity index (χ1n) is 4.22. The van der Waals surface area contributed by atoms with Crippen molar-refractivity contribution in [2.24, 2.45) is 0 Å². The second-order valence-electron chi connectivity index (χ2n) is 3.03. The molecule has 1 aromatic heterocycles. The number of halogens is 2. The molecule has 1 heterocycles. The molecule has 1 aromatic carbocycles. The minimum atomic E-state index is -0.658. The van der Waals surface area contributed by atoms with E-state index in [1.807, 2.05) is 22.6 Å². The van der Waals surface area contributed by atoms with Crippen LogP contribution in [0.25, 0.3) is 5.69 Å². The molecule has 7 heteroatoms. The molecule has 5 nitrogen and oxygen atoms in total. The third-order valence-electron chi connectivity index (χ3n) is 1.89. The van der Waals surface area contributed by atoms with Gasteiger partial charge in [0.15, 0.2) is 0 Å². The maximum atomic E-state index is 13.1. The van der Waals surface area contributed by atoms with Crippen molar-refractivity contribution in [3.05, 3.63) is 50.1 Å². The summed E-state index contributed by atoms with van der Waals surface area (Å²) in [6.07, 6.45) is 3.23. The molecule has 0 fully saturated rings. The Morgan fingerprint density at radius 1 is 1.44 bits per heavy atom. The predicted molar refractivity (Wildman–Crippen MR) is 62.9 cm³/mol. The minimum absolute atomic E-state index is 0.291. The summed E-state index contributed by atoms with van der Waals surface area (Å²) >= 11 is 2.05. The zero-order valence-corrected chi connectivity index (χ0v) is 9.96. The molecule has 0 saturated carbocycles. The zero-order valence-electron chi connectivity index (χ0n) is 7.80. The molecule has 0 aliphatic carbocycles. The van der Waals surface area contributed by atoms with Crippen molar-refractivity contribution in [1.82, 2.24) is 9.78 Å². The Kier molecular flexibility index (Phi) is 2.86. The standard InChI is InChI=1S/C9H5FIN3O2/c10-6-1-8(3-9(2-6)14(15)16)13-5-7(11)4-12-13/h1-5H. The first-order chi connectivity index (χ1) is 7.56. The molecular weight excluding hydrogens is 328 g/mol. The Morgan fingerprint density at radius 3 is 2.75 bits per heavy atom. The maximum Gasteiger partial charge on any atom is 0.274 e. The van der Waals surface area contributed by atoms with Crippen molar-refractivity contribution in [2.75, 3.05) is 0 Å². The number of benzene rings is 1. The van der Waals surface area contributed by atoms with Crippen molar-refractivity contribution >= 4 is 28.3 Å². The molecule has 0 amide bonds. The van der Waals surface area contributed by atoms with E-state index >= 15 is 0 Å². The second kappa shape index (κ2) is 4.16. The van der Waals surface area contributed by atoms with E-state index in [-0.39, 0.29) is 5.69 Å². The van der Waals surface area contributed by atoms with Gasteiger partial charge < -0.3 is 0 Å². The number of nitro groups is 1. The largest absolute Gasteiger partial charge is 0.274 e. The normalized spacial score (nSPS) is 10.4. The molecule has 0 aliphatic heterocycles. The van der Waals surface area contributed by atoms with Crippen molar-refractivity contribution < 1.29 is 9.31 Å². The molecule has 2 rings (SSSR count). The summed E-state index contributed by atoms with van der Waals surface area (Å²) in [6.45, 7) is 0. The molecular formula is C9H5FIN3O2. The van der Waals surface area contributed by atoms with Gasteiger partial charge in [0, 0.05) is 18.3 Å². The lowest BCUT2D eigenvalue weighted by Gasteiger charge is -2.01. The van der Waals surface area contributed by atoms with E-state index in [0.717, 1.165) is 9.64 Å². The van der Waals surface area contributed by atoms with Crippen molar-refractivity contribution in [3.8, 4) is 5.69 Å². The number of hydrogen-bond acceptors (Lipinski definition) is 3. The van der Waals surface area contributed by atoms with Crippen LogP contribution >= 0.6 is 22.6 Å². The third kappa shape index (κ3) is 2.18. The number of nitro benzene ring substituents is 1. The average Bonchev–Trinajstić information content (AvgIpc) is 2.64. The summed E-state index contributed by atoms with van der Waals surface area (Å²) in [5, 5.41) is 14.5. The summed E-state index contributed by atoms with van der Waals surface area (Å²) in [7, 11) is 0. The summed E-state index contributed by atoms with van der Waals surface area (Å²) in [5.74, 6) is -0.658. The number of hydrogen-bond donors (Lipinski definition) is 0. The third-order valence-corrected chi connectivity index (χ3v) is 2.45. The smallest absolute Gasteiger partial charge is 0.258 e. The highest BCUT2D eigenvalue weighted by Gasteiger charge is 2.11. The number of non-ortho nitro benzene ring substituents is 1. The van der Waals surface area contributed by atoms with Crippen LogP contribution in [0.4, 0.5) is 10.1 Å². The SMILES string of the molecule is O=[N+]([O-])c1cc(F)cc(-n2cc(I)cn2)c1. The number of rotatable bonds is 2. The van der Waals surface area contributed by atoms with Crippen molar-refractivity contribution in [3.63, 3.8) is 0 Å². The summed E-state index contributed by atoms with van der Waals surface area (Å²) in [4.78, 5) is 9.91. The van der Waals surface area contributed by atoms with E-state index in [0.29, 0.717) is 5.69 Å². The van der Waals surface area contributed by atoms with E-state index < -0.39 is 10.7 Å². The molecule has 0 radical (unpaired) electrons. The summed E-state index contributed by atoms with van der Waals surface area (Å²) in [6, 6.07) is 3.33. The molecule has 0 unspecified atom stereocenters. The fourth-order valence-electron chi connectivity index (χ4n) is 1.24. The number of aromatic nitrogens is 2. The van der Waals surface area contributed by atoms with Crippen molar-refractivity contribution in [2.45, 2.75) is 0 Å². The van der Waals surface area contributed by atoms with Gasteiger partial charge in [-0.2, -0.15) is 5.10 Å². The van der Waals surface area contributed by atoms with Gasteiger partial charge in [-0.25, -0.2) is 9.07 Å². The van der Waals surface area contributed by atoms with Gasteiger partial charge in [-0.1, -0.05) is 0 Å². The van der Waals surface area contributed by atoms with E-state index in [4.69, 9.17) is 0 Å². The first kappa shape index (κ1) is 11.0. The van der Waals surface area contributed by atoms with Crippen LogP contribution in [0.2, 0.25) is 0 Å². The second-order valence-corrected chi connectivity index (χ2v) is 4.27. The van der Waals surface area contributed by atoms with E-state index in [1.165, 1.54) is 16.8 Å². The Bertz CT molecular complexity index is 555. The molecule has 0 atom stereocenters. The predicted octanol–water partition coefficient (Wildman–Crippen LogP) is 2.52. The van der Waals surface area contributed by atoms with E-state index in [2.05, 4.69) is 5.10 Å². The zero-order chi connectivity index (χ0) is 11.7. The van der Waals surface area contributed by atoms with Crippen LogP contribution in [-0.4, -0.2) is 14.7 Å². The fourth-order valence-corrected chi connectivity index (χ4v) is 1.63. The lowest BCUT2D eigenvalue weighted by atomic mass is 10.3. The van der Waals surface area contributed by atoms with Crippen molar-refractivity contribution in [1.29, 1.82) is 0 Å². The first-order valence-corrected chi connectivity index (χ1v) is 5.29. The fraction of sp³-hybridized carbons (Fsp3) is 0. The molecule has 0 bridgehead atoms. The molecule has 0 N–H and O–H groups in total. The van der Waals surface area contributed by atoms with Gasteiger partial charge in [-0.05, 0) is 22.6 Å². The van der Waals surface area contributed by atoms with Crippen LogP contribution < -0.4 is 0 Å². The van der Waals surface area contributed by atoms with Crippen LogP contribution in [0.5, 0.6) is 0 Å². The molecule has 0 aliphatic rings. The van der Waals surface area contributed by atoms with Crippen LogP contribution in [-0.2, 0) is 0 Å².